The third-order valence-corrected chi connectivity index (χ3v) is 7.19. The first-order valence-electron chi connectivity index (χ1n) is 12.9. The van der Waals surface area contributed by atoms with E-state index in [0.717, 1.165) is 16.9 Å². The summed E-state index contributed by atoms with van der Waals surface area (Å²) in [6, 6.07) is 19.0. The van der Waals surface area contributed by atoms with E-state index in [-0.39, 0.29) is 24.4 Å². The molecule has 0 fully saturated rings. The number of nitrogens with one attached hydrogen (secondary N) is 2. The molecule has 2 atom stereocenters. The van der Waals surface area contributed by atoms with E-state index >= 15 is 0 Å². The predicted octanol–water partition coefficient (Wildman–Crippen LogP) is 3.06. The molecule has 8 heteroatoms. The quantitative estimate of drug-likeness (QED) is 0.405. The largest absolute Gasteiger partial charge is 0.497 e. The summed E-state index contributed by atoms with van der Waals surface area (Å²) in [5, 5.41) is 17.0. The van der Waals surface area contributed by atoms with Gasteiger partial charge < -0.3 is 30.1 Å². The molecule has 2 unspecified atom stereocenters. The Morgan fingerprint density at radius 3 is 2.74 bits per heavy atom. The molecule has 8 nitrogen and oxygen atoms in total. The molecule has 0 bridgehead atoms. The third-order valence-electron chi connectivity index (χ3n) is 7.19. The molecule has 2 aliphatic rings. The van der Waals surface area contributed by atoms with Crippen molar-refractivity contribution in [3.05, 3.63) is 94.0 Å². The summed E-state index contributed by atoms with van der Waals surface area (Å²) in [5.74, 6) is 0.652. The van der Waals surface area contributed by atoms with Gasteiger partial charge in [-0.05, 0) is 59.9 Å². The molecule has 0 spiro atoms. The van der Waals surface area contributed by atoms with Crippen LogP contribution in [0.1, 0.15) is 49.9 Å². The van der Waals surface area contributed by atoms with E-state index in [9.17, 15) is 14.7 Å². The number of hydrogen-bond acceptors (Lipinski definition) is 6. The summed E-state index contributed by atoms with van der Waals surface area (Å²) in [6.07, 6.45) is -0.0567. The lowest BCUT2D eigenvalue weighted by Crippen LogP contribution is -2.49. The van der Waals surface area contributed by atoms with Crippen LogP contribution in [0.3, 0.4) is 0 Å². The first kappa shape index (κ1) is 25.8. The average molecular weight is 516 g/mol. The first-order chi connectivity index (χ1) is 18.5. The first-order valence-corrected chi connectivity index (χ1v) is 12.9. The number of methoxy groups -OCH3 is 1. The lowest BCUT2D eigenvalue weighted by Gasteiger charge is -2.30. The lowest BCUT2D eigenvalue weighted by molar-refractivity contribution is 0.0766. The third kappa shape index (κ3) is 5.37. The molecule has 3 N–H and O–H groups in total. The number of amides is 2. The van der Waals surface area contributed by atoms with Crippen LogP contribution >= 0.6 is 0 Å². The summed E-state index contributed by atoms with van der Waals surface area (Å²) >= 11 is 0. The maximum atomic E-state index is 13.2. The number of carbonyl (C=O) groups excluding carboxylic acids is 2. The van der Waals surface area contributed by atoms with E-state index < -0.39 is 6.10 Å². The van der Waals surface area contributed by atoms with Crippen molar-refractivity contribution in [1.82, 2.24) is 15.5 Å². The van der Waals surface area contributed by atoms with Gasteiger partial charge >= 0.3 is 0 Å². The summed E-state index contributed by atoms with van der Waals surface area (Å²) in [5.41, 5.74) is 5.07. The van der Waals surface area contributed by atoms with Gasteiger partial charge in [-0.3, -0.25) is 9.59 Å². The van der Waals surface area contributed by atoms with Crippen molar-refractivity contribution in [1.29, 1.82) is 0 Å². The Balaban J connectivity index is 1.27. The van der Waals surface area contributed by atoms with Gasteiger partial charge in [0.25, 0.3) is 11.8 Å². The number of aliphatic hydroxyl groups excluding tert-OH is 1. The number of rotatable bonds is 9. The standard InChI is InChI=1S/C30H33N3O5/c1-3-38-28-14-24-22(18-33(30(24)36)17-19-7-6-10-23(11-19)37-2)12-25(28)29(35)32-16-27(34)26-13-20-8-4-5-9-21(20)15-31-26/h4-12,14,26-27,31,34H,3,13,15-18H2,1-2H3,(H,32,35). The number of aliphatic hydroxyl groups is 1. The highest BCUT2D eigenvalue weighted by Crippen LogP contribution is 2.32. The Kier molecular flexibility index (Phi) is 7.62. The lowest BCUT2D eigenvalue weighted by atomic mass is 9.93. The number of ether oxygens (including phenoxy) is 2. The zero-order valence-electron chi connectivity index (χ0n) is 21.7. The van der Waals surface area contributed by atoms with Crippen LogP contribution in [-0.2, 0) is 26.1 Å². The SMILES string of the molecule is CCOc1cc2c(cc1C(=O)NCC(O)C1Cc3ccccc3CN1)CN(Cc1cccc(OC)c1)C2=O. The molecule has 5 rings (SSSR count). The Morgan fingerprint density at radius 1 is 1.13 bits per heavy atom. The summed E-state index contributed by atoms with van der Waals surface area (Å²) in [7, 11) is 1.61. The molecule has 2 aliphatic heterocycles. The van der Waals surface area contributed by atoms with Gasteiger partial charge in [0.15, 0.2) is 0 Å². The Morgan fingerprint density at radius 2 is 1.95 bits per heavy atom. The van der Waals surface area contributed by atoms with E-state index in [0.29, 0.717) is 49.5 Å². The molecule has 0 saturated heterocycles. The number of fused-ring (bicyclic) bond motifs is 2. The molecule has 0 radical (unpaired) electrons. The van der Waals surface area contributed by atoms with Crippen molar-refractivity contribution < 1.29 is 24.2 Å². The van der Waals surface area contributed by atoms with E-state index in [1.165, 1.54) is 11.1 Å². The molecule has 0 aromatic heterocycles. The van der Waals surface area contributed by atoms with Crippen LogP contribution in [0.4, 0.5) is 0 Å². The molecule has 38 heavy (non-hydrogen) atoms. The van der Waals surface area contributed by atoms with Gasteiger partial charge in [-0.2, -0.15) is 0 Å². The second kappa shape index (κ2) is 11.2. The average Bonchev–Trinajstić information content (AvgIpc) is 3.24. The van der Waals surface area contributed by atoms with E-state index in [1.807, 2.05) is 43.3 Å². The number of nitrogens with zero attached hydrogens (tertiary/aromatic N) is 1. The van der Waals surface area contributed by atoms with E-state index in [2.05, 4.69) is 22.8 Å². The summed E-state index contributed by atoms with van der Waals surface area (Å²) < 4.78 is 11.1. The second-order valence-corrected chi connectivity index (χ2v) is 9.69. The molecule has 2 heterocycles. The minimum atomic E-state index is -0.753. The molecule has 0 saturated carbocycles. The van der Waals surface area contributed by atoms with Crippen LogP contribution in [0.15, 0.2) is 60.7 Å². The van der Waals surface area contributed by atoms with Crippen LogP contribution in [0.5, 0.6) is 11.5 Å². The smallest absolute Gasteiger partial charge is 0.255 e. The van der Waals surface area contributed by atoms with Gasteiger partial charge in [-0.25, -0.2) is 0 Å². The van der Waals surface area contributed by atoms with Gasteiger partial charge in [0.1, 0.15) is 11.5 Å². The zero-order valence-corrected chi connectivity index (χ0v) is 21.7. The van der Waals surface area contributed by atoms with E-state index in [4.69, 9.17) is 9.47 Å². The van der Waals surface area contributed by atoms with Gasteiger partial charge in [0.2, 0.25) is 0 Å². The van der Waals surface area contributed by atoms with Crippen molar-refractivity contribution in [3.8, 4) is 11.5 Å². The maximum Gasteiger partial charge on any atom is 0.255 e. The zero-order chi connectivity index (χ0) is 26.6. The number of carbonyl (C=O) groups is 2. The minimum Gasteiger partial charge on any atom is -0.497 e. The van der Waals surface area contributed by atoms with Crippen molar-refractivity contribution >= 4 is 11.8 Å². The Labute approximate surface area is 222 Å². The number of benzene rings is 3. The molecule has 3 aromatic rings. The van der Waals surface area contributed by atoms with Crippen LogP contribution in [0, 0.1) is 0 Å². The summed E-state index contributed by atoms with van der Waals surface area (Å²) in [4.78, 5) is 28.1. The fraction of sp³-hybridized carbons (Fsp3) is 0.333. The van der Waals surface area contributed by atoms with Crippen LogP contribution in [0.2, 0.25) is 0 Å². The predicted molar refractivity (Wildman–Crippen MR) is 143 cm³/mol. The Bertz CT molecular complexity index is 1340. The molecule has 2 amide bonds. The maximum absolute atomic E-state index is 13.2. The highest BCUT2D eigenvalue weighted by atomic mass is 16.5. The van der Waals surface area contributed by atoms with Crippen molar-refractivity contribution in [2.75, 3.05) is 20.3 Å². The van der Waals surface area contributed by atoms with E-state index in [1.54, 1.807) is 24.1 Å². The summed E-state index contributed by atoms with van der Waals surface area (Å²) in [6.45, 7) is 3.80. The monoisotopic (exact) mass is 515 g/mol. The van der Waals surface area contributed by atoms with Crippen LogP contribution in [-0.4, -0.2) is 54.2 Å². The molecule has 3 aromatic carbocycles. The second-order valence-electron chi connectivity index (χ2n) is 9.69. The van der Waals surface area contributed by atoms with Crippen molar-refractivity contribution in [2.45, 2.75) is 45.1 Å². The normalized spacial score (nSPS) is 17.0. The topological polar surface area (TPSA) is 100 Å². The van der Waals surface area contributed by atoms with Crippen LogP contribution < -0.4 is 20.1 Å². The van der Waals surface area contributed by atoms with Gasteiger partial charge in [-0.15, -0.1) is 0 Å². The van der Waals surface area contributed by atoms with Crippen molar-refractivity contribution in [3.63, 3.8) is 0 Å². The fourth-order valence-electron chi connectivity index (χ4n) is 5.16. The number of hydrogen-bond donors (Lipinski definition) is 3. The highest BCUT2D eigenvalue weighted by molar-refractivity contribution is 6.03. The highest BCUT2D eigenvalue weighted by Gasteiger charge is 2.31. The molecular formula is C30H33N3O5. The molecule has 0 aliphatic carbocycles. The Hall–Kier alpha value is -3.88. The van der Waals surface area contributed by atoms with Gasteiger partial charge in [0, 0.05) is 37.8 Å². The fourth-order valence-corrected chi connectivity index (χ4v) is 5.16. The van der Waals surface area contributed by atoms with Crippen molar-refractivity contribution in [2.24, 2.45) is 0 Å². The molecular weight excluding hydrogens is 482 g/mol. The van der Waals surface area contributed by atoms with Gasteiger partial charge in [-0.1, -0.05) is 36.4 Å². The van der Waals surface area contributed by atoms with Gasteiger partial charge in [0.05, 0.1) is 25.4 Å². The van der Waals surface area contributed by atoms with Crippen LogP contribution in [0.25, 0.3) is 0 Å². The molecule has 198 valence electrons. The minimum absolute atomic E-state index is 0.0994.